The molecule has 42 heavy (non-hydrogen) atoms. The predicted octanol–water partition coefficient (Wildman–Crippen LogP) is 16.0. The second kappa shape index (κ2) is 40.5. The van der Waals surface area contributed by atoms with Gasteiger partial charge in [0.05, 0.1) is 0 Å². The van der Waals surface area contributed by atoms with Crippen molar-refractivity contribution in [1.82, 2.24) is 0 Å². The molecule has 0 bridgehead atoms. The summed E-state index contributed by atoms with van der Waals surface area (Å²) in [5, 5.41) is 0. The number of unbranched alkanes of at least 4 members (excludes halogenated alkanes) is 33. The van der Waals surface area contributed by atoms with Crippen molar-refractivity contribution in [3.05, 3.63) is 30.7 Å². The van der Waals surface area contributed by atoms with Gasteiger partial charge in [0.15, 0.2) is 0 Å². The van der Waals surface area contributed by atoms with Crippen LogP contribution in [0.2, 0.25) is 0 Å². The Bertz CT molecular complexity index is 500. The zero-order valence-corrected chi connectivity index (χ0v) is 29.6. The highest BCUT2D eigenvalue weighted by molar-refractivity contribution is 4.94. The summed E-state index contributed by atoms with van der Waals surface area (Å²) in [7, 11) is 0. The van der Waals surface area contributed by atoms with Crippen molar-refractivity contribution >= 4 is 0 Å². The van der Waals surface area contributed by atoms with Gasteiger partial charge in [-0.3, -0.25) is 0 Å². The summed E-state index contributed by atoms with van der Waals surface area (Å²) in [6.45, 7) is 4.60. The third-order valence-corrected chi connectivity index (χ3v) is 9.13. The molecule has 0 rings (SSSR count). The van der Waals surface area contributed by atoms with Crippen LogP contribution >= 0.6 is 0 Å². The Kier molecular flexibility index (Phi) is 40.0. The van der Waals surface area contributed by atoms with Crippen LogP contribution in [-0.2, 0) is 0 Å². The van der Waals surface area contributed by atoms with E-state index < -0.39 is 0 Å². The first-order valence-corrected chi connectivity index (χ1v) is 20.0. The normalized spacial score (nSPS) is 12.0. The molecule has 0 nitrogen and oxygen atoms in total. The number of rotatable bonds is 37. The number of hydrogen-bond acceptors (Lipinski definition) is 0. The third-order valence-electron chi connectivity index (χ3n) is 9.13. The molecule has 0 aliphatic carbocycles. The highest BCUT2D eigenvalue weighted by Gasteiger charge is 1.96. The molecule has 0 heterocycles. The summed E-state index contributed by atoms with van der Waals surface area (Å²) in [5.41, 5.74) is 0. The van der Waals surface area contributed by atoms with E-state index in [2.05, 4.69) is 44.6 Å². The van der Waals surface area contributed by atoms with Crippen LogP contribution in [0.1, 0.15) is 239 Å². The maximum atomic E-state index is 2.44. The van der Waals surface area contributed by atoms with Crippen molar-refractivity contribution in [3.8, 4) is 0 Å². The molecule has 0 heteroatoms. The molecule has 249 valence electrons. The van der Waals surface area contributed by atoms with Crippen molar-refractivity contribution in [2.75, 3.05) is 0 Å². The lowest BCUT2D eigenvalue weighted by atomic mass is 10.0. The highest BCUT2D eigenvalue weighted by atomic mass is 14.0. The summed E-state index contributed by atoms with van der Waals surface area (Å²) in [6, 6.07) is 0. The van der Waals surface area contributed by atoms with E-state index in [1.54, 1.807) is 0 Å². The third kappa shape index (κ3) is 39.5. The minimum absolute atomic E-state index is 1.27. The molecule has 0 saturated heterocycles. The molecule has 0 atom stereocenters. The van der Waals surface area contributed by atoms with Crippen molar-refractivity contribution in [2.24, 2.45) is 0 Å². The average Bonchev–Trinajstić information content (AvgIpc) is 3.00. The lowest BCUT2D eigenvalue weighted by molar-refractivity contribution is 0.522. The fourth-order valence-corrected chi connectivity index (χ4v) is 6.14. The van der Waals surface area contributed by atoms with Gasteiger partial charge in [0.1, 0.15) is 0 Å². The van der Waals surface area contributed by atoms with Gasteiger partial charge in [0.25, 0.3) is 0 Å². The van der Waals surface area contributed by atoms with Crippen LogP contribution < -0.4 is 0 Å². The van der Waals surface area contributed by atoms with Gasteiger partial charge >= 0.3 is 0 Å². The molecule has 0 aromatic carbocycles. The lowest BCUT2D eigenvalue weighted by Gasteiger charge is -2.04. The Morgan fingerprint density at radius 3 is 0.786 bits per heavy atom. The van der Waals surface area contributed by atoms with Crippen molar-refractivity contribution in [2.45, 2.75) is 239 Å². The average molecular weight is 586 g/mol. The van der Waals surface area contributed by atoms with E-state index in [9.17, 15) is 0 Å². The van der Waals surface area contributed by atoms with Gasteiger partial charge in [-0.15, -0.1) is 0 Å². The van der Waals surface area contributed by atoms with E-state index in [0.29, 0.717) is 0 Å². The molecule has 0 N–H and O–H groups in total. The molecular formula is C42H81. The van der Waals surface area contributed by atoms with E-state index in [4.69, 9.17) is 0 Å². The first-order valence-electron chi connectivity index (χ1n) is 20.0. The molecule has 0 aliphatic rings. The van der Waals surface area contributed by atoms with Crippen molar-refractivity contribution < 1.29 is 0 Å². The SMILES string of the molecule is CCCCCCCC/C=C\CCCCCCC[CH]C=CCCCCCCCCCCCCCCCCCCCCCC. The standard InChI is InChI=1S/C42H81/c1-3-5-7-9-11-13-15-17-19-21-23-25-27-29-31-33-35-37-39-41-42-40-38-36-34-32-30-28-26-24-22-20-18-16-14-12-10-8-6-4-2/h17,19,35,37,39H,3-16,18,20-34,36,38,40-42H2,1-2H3/b19-17-,39-37?. The summed E-state index contributed by atoms with van der Waals surface area (Å²) >= 11 is 0. The summed E-state index contributed by atoms with van der Waals surface area (Å²) < 4.78 is 0. The van der Waals surface area contributed by atoms with Gasteiger partial charge in [-0.2, -0.15) is 0 Å². The van der Waals surface area contributed by atoms with Crippen molar-refractivity contribution in [1.29, 1.82) is 0 Å². The van der Waals surface area contributed by atoms with Gasteiger partial charge in [0.2, 0.25) is 0 Å². The van der Waals surface area contributed by atoms with E-state index in [1.807, 2.05) is 0 Å². The van der Waals surface area contributed by atoms with Gasteiger partial charge in [0, 0.05) is 0 Å². The van der Waals surface area contributed by atoms with E-state index in [1.165, 1.54) is 225 Å². The largest absolute Gasteiger partial charge is 0.0885 e. The molecule has 0 aromatic heterocycles. The number of allylic oxidation sites excluding steroid dienone is 4. The van der Waals surface area contributed by atoms with Crippen LogP contribution in [0.4, 0.5) is 0 Å². The smallest absolute Gasteiger partial charge is 0.0171 e. The van der Waals surface area contributed by atoms with Crippen LogP contribution in [0.15, 0.2) is 24.3 Å². The molecule has 0 spiro atoms. The summed E-state index contributed by atoms with van der Waals surface area (Å²) in [4.78, 5) is 0. The molecule has 1 radical (unpaired) electrons. The first-order chi connectivity index (χ1) is 20.9. The molecule has 0 saturated carbocycles. The second-order valence-corrected chi connectivity index (χ2v) is 13.5. The summed E-state index contributed by atoms with van der Waals surface area (Å²) in [6.07, 6.45) is 61.9. The zero-order chi connectivity index (χ0) is 30.3. The van der Waals surface area contributed by atoms with Crippen LogP contribution in [0.25, 0.3) is 0 Å². The second-order valence-electron chi connectivity index (χ2n) is 13.5. The number of hydrogen-bond donors (Lipinski definition) is 0. The van der Waals surface area contributed by atoms with Crippen LogP contribution in [-0.4, -0.2) is 0 Å². The van der Waals surface area contributed by atoms with Gasteiger partial charge in [-0.25, -0.2) is 0 Å². The monoisotopic (exact) mass is 586 g/mol. The van der Waals surface area contributed by atoms with Gasteiger partial charge in [-0.1, -0.05) is 218 Å². The molecule has 0 fully saturated rings. The quantitative estimate of drug-likeness (QED) is 0.0502. The maximum absolute atomic E-state index is 2.44. The van der Waals surface area contributed by atoms with E-state index in [-0.39, 0.29) is 0 Å². The Morgan fingerprint density at radius 1 is 0.238 bits per heavy atom. The Hall–Kier alpha value is -0.520. The maximum Gasteiger partial charge on any atom is -0.0171 e. The molecule has 0 aliphatic heterocycles. The lowest BCUT2D eigenvalue weighted by Crippen LogP contribution is -1.84. The Balaban J connectivity index is 3.12. The predicted molar refractivity (Wildman–Crippen MR) is 196 cm³/mol. The Labute approximate surface area is 268 Å². The molecule has 0 aromatic rings. The van der Waals surface area contributed by atoms with Crippen molar-refractivity contribution in [3.63, 3.8) is 0 Å². The van der Waals surface area contributed by atoms with Crippen LogP contribution in [0.3, 0.4) is 0 Å². The molecule has 0 unspecified atom stereocenters. The fourth-order valence-electron chi connectivity index (χ4n) is 6.14. The minimum Gasteiger partial charge on any atom is -0.0885 e. The fraction of sp³-hybridized carbons (Fsp3) is 0.881. The highest BCUT2D eigenvalue weighted by Crippen LogP contribution is 2.15. The van der Waals surface area contributed by atoms with Gasteiger partial charge < -0.3 is 0 Å². The van der Waals surface area contributed by atoms with Crippen LogP contribution in [0, 0.1) is 6.42 Å². The van der Waals surface area contributed by atoms with E-state index in [0.717, 1.165) is 0 Å². The topological polar surface area (TPSA) is 0 Å². The minimum atomic E-state index is 1.27. The zero-order valence-electron chi connectivity index (χ0n) is 29.6. The van der Waals surface area contributed by atoms with E-state index >= 15 is 0 Å². The molecular weight excluding hydrogens is 504 g/mol. The van der Waals surface area contributed by atoms with Crippen LogP contribution in [0.5, 0.6) is 0 Å². The first kappa shape index (κ1) is 41.5. The Morgan fingerprint density at radius 2 is 0.476 bits per heavy atom. The molecule has 0 amide bonds. The van der Waals surface area contributed by atoms with Gasteiger partial charge in [-0.05, 0) is 51.4 Å². The summed E-state index contributed by atoms with van der Waals surface area (Å²) in [5.74, 6) is 0.